The van der Waals surface area contributed by atoms with Crippen LogP contribution in [0.2, 0.25) is 0 Å². The van der Waals surface area contributed by atoms with E-state index in [0.29, 0.717) is 5.95 Å². The summed E-state index contributed by atoms with van der Waals surface area (Å²) in [5.41, 5.74) is 5.22. The maximum atomic E-state index is 4.38. The van der Waals surface area contributed by atoms with E-state index in [9.17, 15) is 0 Å². The molecule has 2 N–H and O–H groups in total. The Bertz CT molecular complexity index is 840. The van der Waals surface area contributed by atoms with E-state index in [0.717, 1.165) is 28.7 Å². The largest absolute Gasteiger partial charge is 0.353 e. The van der Waals surface area contributed by atoms with Crippen LogP contribution in [0.3, 0.4) is 0 Å². The fourth-order valence-electron chi connectivity index (χ4n) is 2.66. The van der Waals surface area contributed by atoms with Crippen molar-refractivity contribution in [3.63, 3.8) is 0 Å². The average molecular weight is 317 g/mol. The number of rotatable bonds is 5. The van der Waals surface area contributed by atoms with Crippen molar-refractivity contribution in [2.24, 2.45) is 0 Å². The van der Waals surface area contributed by atoms with Crippen molar-refractivity contribution >= 4 is 23.0 Å². The van der Waals surface area contributed by atoms with Crippen LogP contribution in [0.15, 0.2) is 55.0 Å². The summed E-state index contributed by atoms with van der Waals surface area (Å²) in [6, 6.07) is 12.4. The Labute approximate surface area is 141 Å². The molecule has 1 aliphatic carbocycles. The van der Waals surface area contributed by atoms with Gasteiger partial charge in [-0.3, -0.25) is 4.98 Å². The fraction of sp³-hybridized carbons (Fsp3) is 0.211. The molecule has 120 valence electrons. The highest BCUT2D eigenvalue weighted by atomic mass is 15.1. The fourth-order valence-corrected chi connectivity index (χ4v) is 2.66. The maximum Gasteiger partial charge on any atom is 0.227 e. The van der Waals surface area contributed by atoms with Crippen molar-refractivity contribution in [3.05, 3.63) is 66.2 Å². The van der Waals surface area contributed by atoms with Crippen molar-refractivity contribution in [1.82, 2.24) is 15.0 Å². The summed E-state index contributed by atoms with van der Waals surface area (Å²) in [6.45, 7) is 1.96. The molecule has 24 heavy (non-hydrogen) atoms. The van der Waals surface area contributed by atoms with Gasteiger partial charge in [-0.05, 0) is 55.5 Å². The number of nitrogens with zero attached hydrogens (tertiary/aromatic N) is 3. The van der Waals surface area contributed by atoms with Gasteiger partial charge in [0.05, 0.1) is 18.1 Å². The van der Waals surface area contributed by atoms with Gasteiger partial charge in [0.2, 0.25) is 5.95 Å². The van der Waals surface area contributed by atoms with Gasteiger partial charge in [-0.1, -0.05) is 12.1 Å². The molecule has 2 aromatic heterocycles. The number of anilines is 4. The van der Waals surface area contributed by atoms with E-state index in [4.69, 9.17) is 0 Å². The predicted molar refractivity (Wildman–Crippen MR) is 96.0 cm³/mol. The molecule has 1 saturated carbocycles. The monoisotopic (exact) mass is 317 g/mol. The first-order chi connectivity index (χ1) is 11.8. The second kappa shape index (κ2) is 6.28. The van der Waals surface area contributed by atoms with Gasteiger partial charge in [0.1, 0.15) is 0 Å². The Balaban J connectivity index is 1.44. The molecule has 0 aliphatic heterocycles. The smallest absolute Gasteiger partial charge is 0.227 e. The quantitative estimate of drug-likeness (QED) is 0.723. The molecular weight excluding hydrogens is 298 g/mol. The molecule has 1 fully saturated rings. The highest BCUT2D eigenvalue weighted by molar-refractivity contribution is 5.60. The highest BCUT2D eigenvalue weighted by Crippen LogP contribution is 2.40. The summed E-state index contributed by atoms with van der Waals surface area (Å²) in [6.07, 6.45) is 7.93. The standard InChI is InChI=1S/C19H19N5/c1-13-9-17(7-8-20-13)23-18-11-21-19(22-12-18)24-16-4-2-3-15(10-16)14-5-6-14/h2-4,7-12,14H,5-6H2,1H3,(H,20,23)(H,21,22,24). The van der Waals surface area contributed by atoms with E-state index >= 15 is 0 Å². The molecule has 0 spiro atoms. The zero-order chi connectivity index (χ0) is 16.4. The lowest BCUT2D eigenvalue weighted by molar-refractivity contribution is 1.12. The molecule has 0 amide bonds. The summed E-state index contributed by atoms with van der Waals surface area (Å²) in [5, 5.41) is 6.54. The van der Waals surface area contributed by atoms with E-state index in [1.165, 1.54) is 18.4 Å². The van der Waals surface area contributed by atoms with Crippen molar-refractivity contribution in [3.8, 4) is 0 Å². The molecule has 1 aliphatic rings. The van der Waals surface area contributed by atoms with Gasteiger partial charge in [-0.15, -0.1) is 0 Å². The summed E-state index contributed by atoms with van der Waals surface area (Å²) >= 11 is 0. The van der Waals surface area contributed by atoms with Gasteiger partial charge < -0.3 is 10.6 Å². The summed E-state index contributed by atoms with van der Waals surface area (Å²) < 4.78 is 0. The topological polar surface area (TPSA) is 62.7 Å². The van der Waals surface area contributed by atoms with Crippen LogP contribution in [-0.4, -0.2) is 15.0 Å². The lowest BCUT2D eigenvalue weighted by Gasteiger charge is -2.09. The van der Waals surface area contributed by atoms with Crippen LogP contribution in [0.4, 0.5) is 23.0 Å². The number of benzene rings is 1. The summed E-state index contributed by atoms with van der Waals surface area (Å²) in [5.74, 6) is 1.34. The lowest BCUT2D eigenvalue weighted by Crippen LogP contribution is -1.99. The van der Waals surface area contributed by atoms with E-state index in [1.807, 2.05) is 25.1 Å². The van der Waals surface area contributed by atoms with Gasteiger partial charge >= 0.3 is 0 Å². The zero-order valence-corrected chi connectivity index (χ0v) is 13.5. The van der Waals surface area contributed by atoms with Crippen molar-refractivity contribution in [1.29, 1.82) is 0 Å². The Morgan fingerprint density at radius 2 is 1.67 bits per heavy atom. The molecule has 2 heterocycles. The van der Waals surface area contributed by atoms with E-state index < -0.39 is 0 Å². The van der Waals surface area contributed by atoms with Crippen LogP contribution in [0.1, 0.15) is 30.0 Å². The van der Waals surface area contributed by atoms with Crippen molar-refractivity contribution in [2.75, 3.05) is 10.6 Å². The third kappa shape index (κ3) is 3.51. The Hall–Kier alpha value is -2.95. The molecule has 0 atom stereocenters. The van der Waals surface area contributed by atoms with Crippen LogP contribution in [0, 0.1) is 6.92 Å². The van der Waals surface area contributed by atoms with E-state index in [-0.39, 0.29) is 0 Å². The summed E-state index contributed by atoms with van der Waals surface area (Å²) in [7, 11) is 0. The van der Waals surface area contributed by atoms with Crippen LogP contribution in [0.25, 0.3) is 0 Å². The molecule has 0 bridgehead atoms. The minimum atomic E-state index is 0.597. The SMILES string of the molecule is Cc1cc(Nc2cnc(Nc3cccc(C4CC4)c3)nc2)ccn1. The minimum absolute atomic E-state index is 0.597. The molecular formula is C19H19N5. The number of pyridine rings is 1. The number of hydrogen-bond donors (Lipinski definition) is 2. The maximum absolute atomic E-state index is 4.38. The zero-order valence-electron chi connectivity index (χ0n) is 13.5. The van der Waals surface area contributed by atoms with Gasteiger partial charge in [0, 0.05) is 23.3 Å². The first kappa shape index (κ1) is 14.6. The van der Waals surface area contributed by atoms with E-state index in [1.54, 1.807) is 18.6 Å². The Kier molecular flexibility index (Phi) is 3.83. The molecule has 5 heteroatoms. The van der Waals surface area contributed by atoms with Gasteiger partial charge in [-0.25, -0.2) is 9.97 Å². The second-order valence-corrected chi connectivity index (χ2v) is 6.13. The number of hydrogen-bond acceptors (Lipinski definition) is 5. The average Bonchev–Trinajstić information content (AvgIpc) is 3.42. The second-order valence-electron chi connectivity index (χ2n) is 6.13. The third-order valence-electron chi connectivity index (χ3n) is 4.03. The molecule has 0 radical (unpaired) electrons. The number of aromatic nitrogens is 3. The predicted octanol–water partition coefficient (Wildman–Crippen LogP) is 4.54. The molecule has 1 aromatic carbocycles. The molecule has 0 saturated heterocycles. The molecule has 5 nitrogen and oxygen atoms in total. The first-order valence-electron chi connectivity index (χ1n) is 8.15. The number of aryl methyl sites for hydroxylation is 1. The van der Waals surface area contributed by atoms with Crippen LogP contribution >= 0.6 is 0 Å². The number of nitrogens with one attached hydrogen (secondary N) is 2. The Morgan fingerprint density at radius 3 is 2.42 bits per heavy atom. The summed E-state index contributed by atoms with van der Waals surface area (Å²) in [4.78, 5) is 12.9. The highest BCUT2D eigenvalue weighted by Gasteiger charge is 2.23. The minimum Gasteiger partial charge on any atom is -0.353 e. The van der Waals surface area contributed by atoms with Crippen LogP contribution < -0.4 is 10.6 Å². The first-order valence-corrected chi connectivity index (χ1v) is 8.15. The molecule has 3 aromatic rings. The van der Waals surface area contributed by atoms with Crippen molar-refractivity contribution < 1.29 is 0 Å². The molecule has 0 unspecified atom stereocenters. The van der Waals surface area contributed by atoms with E-state index in [2.05, 4.69) is 43.8 Å². The van der Waals surface area contributed by atoms with Gasteiger partial charge in [-0.2, -0.15) is 0 Å². The lowest BCUT2D eigenvalue weighted by atomic mass is 10.1. The normalized spacial score (nSPS) is 13.5. The van der Waals surface area contributed by atoms with Crippen LogP contribution in [0.5, 0.6) is 0 Å². The van der Waals surface area contributed by atoms with Gasteiger partial charge in [0.15, 0.2) is 0 Å². The van der Waals surface area contributed by atoms with Gasteiger partial charge in [0.25, 0.3) is 0 Å². The van der Waals surface area contributed by atoms with Crippen molar-refractivity contribution in [2.45, 2.75) is 25.7 Å². The Morgan fingerprint density at radius 1 is 0.875 bits per heavy atom. The van der Waals surface area contributed by atoms with Crippen LogP contribution in [-0.2, 0) is 0 Å². The third-order valence-corrected chi connectivity index (χ3v) is 4.03. The molecule has 4 rings (SSSR count).